The van der Waals surface area contributed by atoms with Gasteiger partial charge < -0.3 is 15.5 Å². The van der Waals surface area contributed by atoms with Crippen molar-refractivity contribution in [2.45, 2.75) is 0 Å². The molecule has 7 heteroatoms. The van der Waals surface area contributed by atoms with Crippen LogP contribution in [0, 0.1) is 0 Å². The minimum absolute atomic E-state index is 0.00755. The maximum absolute atomic E-state index is 11.0. The largest absolute Gasteiger partial charge is 0.478 e. The zero-order valence-electron chi connectivity index (χ0n) is 8.44. The number of halogens is 1. The fourth-order valence-electron chi connectivity index (χ4n) is 1.15. The Morgan fingerprint density at radius 3 is 2.29 bits per heavy atom. The zero-order valence-corrected chi connectivity index (χ0v) is 9.19. The fraction of sp³-hybridized carbons (Fsp3) is 0.100. The van der Waals surface area contributed by atoms with Gasteiger partial charge in [0.1, 0.15) is 5.88 Å². The summed E-state index contributed by atoms with van der Waals surface area (Å²) in [5, 5.41) is 19.9. The summed E-state index contributed by atoms with van der Waals surface area (Å²) in [7, 11) is 0. The molecule has 0 radical (unpaired) electrons. The van der Waals surface area contributed by atoms with Gasteiger partial charge in [-0.25, -0.2) is 9.59 Å². The number of amides is 1. The van der Waals surface area contributed by atoms with Crippen molar-refractivity contribution in [3.8, 4) is 0 Å². The number of hydrogen-bond acceptors (Lipinski definition) is 3. The van der Waals surface area contributed by atoms with Gasteiger partial charge in [-0.1, -0.05) is 0 Å². The highest BCUT2D eigenvalue weighted by Crippen LogP contribution is 2.18. The van der Waals surface area contributed by atoms with E-state index in [1.165, 1.54) is 12.1 Å². The molecule has 0 saturated heterocycles. The standard InChI is InChI=1S/C10H8ClNO5/c11-4-8(13)12-7-2-1-5(9(14)15)3-6(7)10(16)17/h1-3H,4H2,(H,12,13)(H,14,15)(H,16,17). The predicted octanol–water partition coefficient (Wildman–Crippen LogP) is 1.26. The number of carboxylic acids is 2. The topological polar surface area (TPSA) is 104 Å². The van der Waals surface area contributed by atoms with Crippen LogP contribution in [0.25, 0.3) is 0 Å². The van der Waals surface area contributed by atoms with Crippen LogP contribution >= 0.6 is 11.6 Å². The number of carbonyl (C=O) groups is 3. The molecule has 0 aliphatic rings. The third-order valence-corrected chi connectivity index (χ3v) is 2.14. The Morgan fingerprint density at radius 2 is 1.82 bits per heavy atom. The molecule has 1 aromatic rings. The highest BCUT2D eigenvalue weighted by molar-refractivity contribution is 6.29. The lowest BCUT2D eigenvalue weighted by Crippen LogP contribution is -2.16. The Kier molecular flexibility index (Phi) is 4.06. The summed E-state index contributed by atoms with van der Waals surface area (Å²) < 4.78 is 0. The Balaban J connectivity index is 3.17. The maximum atomic E-state index is 11.0. The van der Waals surface area contributed by atoms with E-state index >= 15 is 0 Å². The first-order valence-corrected chi connectivity index (χ1v) is 4.95. The first kappa shape index (κ1) is 13.0. The van der Waals surface area contributed by atoms with E-state index < -0.39 is 17.8 Å². The van der Waals surface area contributed by atoms with E-state index in [2.05, 4.69) is 5.32 Å². The molecule has 1 aromatic carbocycles. The molecule has 6 nitrogen and oxygen atoms in total. The quantitative estimate of drug-likeness (QED) is 0.705. The SMILES string of the molecule is O=C(CCl)Nc1ccc(C(=O)O)cc1C(=O)O. The highest BCUT2D eigenvalue weighted by atomic mass is 35.5. The third-order valence-electron chi connectivity index (χ3n) is 1.89. The molecule has 0 bridgehead atoms. The minimum atomic E-state index is -1.34. The molecular formula is C10H8ClNO5. The van der Waals surface area contributed by atoms with Crippen LogP contribution in [-0.2, 0) is 4.79 Å². The van der Waals surface area contributed by atoms with E-state index in [0.717, 1.165) is 6.07 Å². The predicted molar refractivity (Wildman–Crippen MR) is 59.7 cm³/mol. The molecule has 0 atom stereocenters. The average molecular weight is 258 g/mol. The van der Waals surface area contributed by atoms with Gasteiger partial charge in [-0.15, -0.1) is 11.6 Å². The monoisotopic (exact) mass is 257 g/mol. The molecule has 0 heterocycles. The summed E-state index contributed by atoms with van der Waals surface area (Å²) in [6.07, 6.45) is 0. The fourth-order valence-corrected chi connectivity index (χ4v) is 1.21. The van der Waals surface area contributed by atoms with Crippen molar-refractivity contribution in [2.24, 2.45) is 0 Å². The van der Waals surface area contributed by atoms with Gasteiger partial charge in [0.25, 0.3) is 0 Å². The van der Waals surface area contributed by atoms with E-state index in [9.17, 15) is 14.4 Å². The van der Waals surface area contributed by atoms with Crippen LogP contribution in [0.4, 0.5) is 5.69 Å². The number of benzene rings is 1. The minimum Gasteiger partial charge on any atom is -0.478 e. The Morgan fingerprint density at radius 1 is 1.18 bits per heavy atom. The van der Waals surface area contributed by atoms with Gasteiger partial charge in [0.15, 0.2) is 0 Å². The van der Waals surface area contributed by atoms with E-state index in [-0.39, 0.29) is 22.7 Å². The molecule has 17 heavy (non-hydrogen) atoms. The summed E-state index contributed by atoms with van der Waals surface area (Å²) in [6.45, 7) is 0. The van der Waals surface area contributed by atoms with Crippen molar-refractivity contribution in [1.29, 1.82) is 0 Å². The summed E-state index contributed by atoms with van der Waals surface area (Å²) in [4.78, 5) is 32.6. The van der Waals surface area contributed by atoms with Crippen LogP contribution in [0.3, 0.4) is 0 Å². The molecule has 0 spiro atoms. The van der Waals surface area contributed by atoms with Crippen molar-refractivity contribution in [1.82, 2.24) is 0 Å². The van der Waals surface area contributed by atoms with Gasteiger partial charge in [0, 0.05) is 0 Å². The molecule has 90 valence electrons. The van der Waals surface area contributed by atoms with Gasteiger partial charge in [0.2, 0.25) is 5.91 Å². The van der Waals surface area contributed by atoms with Crippen molar-refractivity contribution >= 4 is 35.1 Å². The summed E-state index contributed by atoms with van der Waals surface area (Å²) in [5.74, 6) is -3.47. The number of rotatable bonds is 4. The van der Waals surface area contributed by atoms with Crippen molar-refractivity contribution in [2.75, 3.05) is 11.2 Å². The second-order valence-electron chi connectivity index (χ2n) is 3.05. The van der Waals surface area contributed by atoms with Crippen molar-refractivity contribution in [3.63, 3.8) is 0 Å². The molecule has 0 saturated carbocycles. The van der Waals surface area contributed by atoms with E-state index in [1.807, 2.05) is 0 Å². The highest BCUT2D eigenvalue weighted by Gasteiger charge is 2.15. The summed E-state index contributed by atoms with van der Waals surface area (Å²) in [5.41, 5.74) is -0.470. The smallest absolute Gasteiger partial charge is 0.337 e. The molecule has 1 amide bonds. The van der Waals surface area contributed by atoms with Crippen molar-refractivity contribution in [3.05, 3.63) is 29.3 Å². The van der Waals surface area contributed by atoms with Gasteiger partial charge in [-0.2, -0.15) is 0 Å². The van der Waals surface area contributed by atoms with Gasteiger partial charge in [-0.3, -0.25) is 4.79 Å². The lowest BCUT2D eigenvalue weighted by molar-refractivity contribution is -0.113. The Hall–Kier alpha value is -2.08. The molecule has 1 rings (SSSR count). The van der Waals surface area contributed by atoms with E-state index in [1.54, 1.807) is 0 Å². The van der Waals surface area contributed by atoms with Crippen LogP contribution in [0.2, 0.25) is 0 Å². The van der Waals surface area contributed by atoms with E-state index in [4.69, 9.17) is 21.8 Å². The molecule has 0 aliphatic heterocycles. The second kappa shape index (κ2) is 5.31. The molecule has 0 unspecified atom stereocenters. The number of nitrogens with one attached hydrogen (secondary N) is 1. The number of aromatic carboxylic acids is 2. The molecule has 3 N–H and O–H groups in total. The van der Waals surface area contributed by atoms with Crippen molar-refractivity contribution < 1.29 is 24.6 Å². The second-order valence-corrected chi connectivity index (χ2v) is 3.32. The van der Waals surface area contributed by atoms with Gasteiger partial charge in [0.05, 0.1) is 16.8 Å². The average Bonchev–Trinajstić information content (AvgIpc) is 2.28. The number of carboxylic acid groups (broad SMARTS) is 2. The lowest BCUT2D eigenvalue weighted by atomic mass is 10.1. The van der Waals surface area contributed by atoms with Crippen LogP contribution in [0.1, 0.15) is 20.7 Å². The number of hydrogen-bond donors (Lipinski definition) is 3. The normalized spacial score (nSPS) is 9.71. The van der Waals surface area contributed by atoms with Crippen LogP contribution in [0.5, 0.6) is 0 Å². The van der Waals surface area contributed by atoms with Crippen LogP contribution < -0.4 is 5.32 Å². The molecule has 0 aliphatic carbocycles. The third kappa shape index (κ3) is 3.18. The number of alkyl halides is 1. The Labute approximate surface area is 101 Å². The Bertz CT molecular complexity index is 486. The van der Waals surface area contributed by atoms with E-state index in [0.29, 0.717) is 0 Å². The number of carbonyl (C=O) groups excluding carboxylic acids is 1. The van der Waals surface area contributed by atoms with Crippen LogP contribution in [0.15, 0.2) is 18.2 Å². The maximum Gasteiger partial charge on any atom is 0.337 e. The molecular weight excluding hydrogens is 250 g/mol. The van der Waals surface area contributed by atoms with Crippen LogP contribution in [-0.4, -0.2) is 33.9 Å². The van der Waals surface area contributed by atoms with Gasteiger partial charge >= 0.3 is 11.9 Å². The molecule has 0 aromatic heterocycles. The summed E-state index contributed by atoms with van der Waals surface area (Å²) in [6, 6.07) is 3.37. The summed E-state index contributed by atoms with van der Waals surface area (Å²) >= 11 is 5.26. The first-order chi connectivity index (χ1) is 7.95. The first-order valence-electron chi connectivity index (χ1n) is 4.42. The zero-order chi connectivity index (χ0) is 13.0. The molecule has 0 fully saturated rings. The van der Waals surface area contributed by atoms with Gasteiger partial charge in [-0.05, 0) is 18.2 Å². The number of anilines is 1. The lowest BCUT2D eigenvalue weighted by Gasteiger charge is -2.07.